The molecule has 20 heavy (non-hydrogen) atoms. The first-order chi connectivity index (χ1) is 9.51. The summed E-state index contributed by atoms with van der Waals surface area (Å²) in [4.78, 5) is 2.49. The molecule has 1 aliphatic rings. The van der Waals surface area contributed by atoms with Crippen molar-refractivity contribution in [2.24, 2.45) is 5.92 Å². The molecule has 1 saturated heterocycles. The molecule has 0 spiro atoms. The summed E-state index contributed by atoms with van der Waals surface area (Å²) in [5, 5.41) is 3.62. The van der Waals surface area contributed by atoms with Crippen molar-refractivity contribution in [3.63, 3.8) is 0 Å². The van der Waals surface area contributed by atoms with Gasteiger partial charge in [0, 0.05) is 32.2 Å². The van der Waals surface area contributed by atoms with E-state index in [2.05, 4.69) is 24.1 Å². The molecular formula is C17H27FN2. The van der Waals surface area contributed by atoms with Gasteiger partial charge in [0.15, 0.2) is 0 Å². The van der Waals surface area contributed by atoms with Crippen LogP contribution in [0.15, 0.2) is 12.1 Å². The van der Waals surface area contributed by atoms with Gasteiger partial charge in [-0.2, -0.15) is 0 Å². The summed E-state index contributed by atoms with van der Waals surface area (Å²) < 4.78 is 13.7. The molecular weight excluding hydrogens is 251 g/mol. The quantitative estimate of drug-likeness (QED) is 0.909. The lowest BCUT2D eigenvalue weighted by Crippen LogP contribution is -2.52. The van der Waals surface area contributed by atoms with Gasteiger partial charge in [0.25, 0.3) is 0 Å². The van der Waals surface area contributed by atoms with Gasteiger partial charge in [0.05, 0.1) is 0 Å². The Morgan fingerprint density at radius 3 is 2.60 bits per heavy atom. The second kappa shape index (κ2) is 6.68. The van der Waals surface area contributed by atoms with Gasteiger partial charge in [-0.15, -0.1) is 0 Å². The second-order valence-electron chi connectivity index (χ2n) is 6.22. The smallest absolute Gasteiger partial charge is 0.129 e. The van der Waals surface area contributed by atoms with Crippen molar-refractivity contribution >= 4 is 0 Å². The zero-order valence-electron chi connectivity index (χ0n) is 13.2. The Hall–Kier alpha value is -0.930. The van der Waals surface area contributed by atoms with E-state index < -0.39 is 0 Å². The number of piperazine rings is 1. The average Bonchev–Trinajstić information content (AvgIpc) is 2.44. The van der Waals surface area contributed by atoms with Crippen LogP contribution < -0.4 is 5.32 Å². The van der Waals surface area contributed by atoms with Crippen LogP contribution in [0.2, 0.25) is 0 Å². The molecule has 2 atom stereocenters. The number of benzene rings is 1. The van der Waals surface area contributed by atoms with E-state index in [0.717, 1.165) is 37.3 Å². The topological polar surface area (TPSA) is 15.3 Å². The van der Waals surface area contributed by atoms with Gasteiger partial charge in [-0.05, 0) is 36.5 Å². The summed E-state index contributed by atoms with van der Waals surface area (Å²) >= 11 is 0. The van der Waals surface area contributed by atoms with Gasteiger partial charge < -0.3 is 5.32 Å². The van der Waals surface area contributed by atoms with E-state index in [0.29, 0.717) is 12.0 Å². The largest absolute Gasteiger partial charge is 0.311 e. The lowest BCUT2D eigenvalue weighted by Gasteiger charge is -2.36. The maximum absolute atomic E-state index is 13.7. The minimum absolute atomic E-state index is 0.0634. The summed E-state index contributed by atoms with van der Waals surface area (Å²) in [6.07, 6.45) is 1.21. The van der Waals surface area contributed by atoms with Gasteiger partial charge >= 0.3 is 0 Å². The van der Waals surface area contributed by atoms with Crippen LogP contribution >= 0.6 is 0 Å². The normalized spacial score (nSPS) is 21.9. The predicted molar refractivity (Wildman–Crippen MR) is 82.4 cm³/mol. The van der Waals surface area contributed by atoms with E-state index in [1.165, 1.54) is 12.0 Å². The molecule has 0 amide bonds. The Labute approximate surface area is 122 Å². The Morgan fingerprint density at radius 1 is 1.35 bits per heavy atom. The third-order valence-electron chi connectivity index (χ3n) is 4.52. The summed E-state index contributed by atoms with van der Waals surface area (Å²) in [6, 6.07) is 4.56. The molecule has 0 saturated carbocycles. The molecule has 0 aliphatic carbocycles. The van der Waals surface area contributed by atoms with Gasteiger partial charge in [0.2, 0.25) is 0 Å². The van der Waals surface area contributed by atoms with Crippen LogP contribution in [0.4, 0.5) is 4.39 Å². The number of rotatable bonds is 4. The van der Waals surface area contributed by atoms with Crippen LogP contribution in [0.3, 0.4) is 0 Å². The SMILES string of the molecule is CCC(C)C1CN(Cc2cc(C)c(F)c(C)c2)CCN1. The molecule has 1 fully saturated rings. The molecule has 1 heterocycles. The lowest BCUT2D eigenvalue weighted by molar-refractivity contribution is 0.162. The molecule has 112 valence electrons. The number of nitrogens with one attached hydrogen (secondary N) is 1. The van der Waals surface area contributed by atoms with Crippen LogP contribution in [-0.2, 0) is 6.54 Å². The van der Waals surface area contributed by atoms with E-state index in [1.54, 1.807) is 0 Å². The lowest BCUT2D eigenvalue weighted by atomic mass is 9.97. The molecule has 2 nitrogen and oxygen atoms in total. The third kappa shape index (κ3) is 3.58. The highest BCUT2D eigenvalue weighted by atomic mass is 19.1. The average molecular weight is 278 g/mol. The van der Waals surface area contributed by atoms with Crippen LogP contribution in [0, 0.1) is 25.6 Å². The second-order valence-corrected chi connectivity index (χ2v) is 6.22. The zero-order chi connectivity index (χ0) is 14.7. The minimum Gasteiger partial charge on any atom is -0.311 e. The highest BCUT2D eigenvalue weighted by molar-refractivity contribution is 5.30. The molecule has 0 radical (unpaired) electrons. The maximum atomic E-state index is 13.7. The molecule has 0 bridgehead atoms. The number of nitrogens with zero attached hydrogens (tertiary/aromatic N) is 1. The highest BCUT2D eigenvalue weighted by Crippen LogP contribution is 2.18. The van der Waals surface area contributed by atoms with E-state index in [1.807, 2.05) is 26.0 Å². The summed E-state index contributed by atoms with van der Waals surface area (Å²) in [5.41, 5.74) is 2.74. The van der Waals surface area contributed by atoms with Crippen molar-refractivity contribution in [3.05, 3.63) is 34.6 Å². The van der Waals surface area contributed by atoms with Crippen molar-refractivity contribution in [2.45, 2.75) is 46.7 Å². The fourth-order valence-corrected chi connectivity index (χ4v) is 3.04. The molecule has 2 rings (SSSR count). The summed E-state index contributed by atoms with van der Waals surface area (Å²) in [6.45, 7) is 12.4. The first-order valence-electron chi connectivity index (χ1n) is 7.72. The first-order valence-corrected chi connectivity index (χ1v) is 7.72. The number of aryl methyl sites for hydroxylation is 2. The van der Waals surface area contributed by atoms with Crippen LogP contribution in [-0.4, -0.2) is 30.6 Å². The Morgan fingerprint density at radius 2 is 2.00 bits per heavy atom. The summed E-state index contributed by atoms with van der Waals surface area (Å²) in [5.74, 6) is 0.640. The van der Waals surface area contributed by atoms with Gasteiger partial charge in [0.1, 0.15) is 5.82 Å². The number of hydrogen-bond donors (Lipinski definition) is 1. The van der Waals surface area contributed by atoms with E-state index in [4.69, 9.17) is 0 Å². The van der Waals surface area contributed by atoms with Gasteiger partial charge in [-0.3, -0.25) is 4.90 Å². The van der Waals surface area contributed by atoms with Crippen molar-refractivity contribution < 1.29 is 4.39 Å². The highest BCUT2D eigenvalue weighted by Gasteiger charge is 2.23. The first kappa shape index (κ1) is 15.5. The number of hydrogen-bond acceptors (Lipinski definition) is 2. The number of halogens is 1. The Kier molecular flexibility index (Phi) is 5.17. The van der Waals surface area contributed by atoms with Crippen LogP contribution in [0.1, 0.15) is 37.0 Å². The molecule has 1 aliphatic heterocycles. The van der Waals surface area contributed by atoms with Crippen molar-refractivity contribution in [3.8, 4) is 0 Å². The van der Waals surface area contributed by atoms with Crippen LogP contribution in [0.25, 0.3) is 0 Å². The summed E-state index contributed by atoms with van der Waals surface area (Å²) in [7, 11) is 0. The fourth-order valence-electron chi connectivity index (χ4n) is 3.04. The monoisotopic (exact) mass is 278 g/mol. The predicted octanol–water partition coefficient (Wildman–Crippen LogP) is 3.26. The van der Waals surface area contributed by atoms with Crippen molar-refractivity contribution in [1.82, 2.24) is 10.2 Å². The molecule has 2 unspecified atom stereocenters. The molecule has 1 N–H and O–H groups in total. The van der Waals surface area contributed by atoms with Crippen LogP contribution in [0.5, 0.6) is 0 Å². The van der Waals surface area contributed by atoms with Crippen molar-refractivity contribution in [2.75, 3.05) is 19.6 Å². The maximum Gasteiger partial charge on any atom is 0.129 e. The van der Waals surface area contributed by atoms with E-state index >= 15 is 0 Å². The standard InChI is InChI=1S/C17H27FN2/c1-5-12(2)16-11-20(7-6-19-16)10-15-8-13(3)17(18)14(4)9-15/h8-9,12,16,19H,5-7,10-11H2,1-4H3. The molecule has 3 heteroatoms. The fraction of sp³-hybridized carbons (Fsp3) is 0.647. The third-order valence-corrected chi connectivity index (χ3v) is 4.52. The molecule has 1 aromatic carbocycles. The Balaban J connectivity index is 2.02. The zero-order valence-corrected chi connectivity index (χ0v) is 13.2. The van der Waals surface area contributed by atoms with Gasteiger partial charge in [-0.1, -0.05) is 32.4 Å². The van der Waals surface area contributed by atoms with E-state index in [9.17, 15) is 4.39 Å². The minimum atomic E-state index is -0.0634. The Bertz CT molecular complexity index is 435. The molecule has 1 aromatic rings. The van der Waals surface area contributed by atoms with Gasteiger partial charge in [-0.25, -0.2) is 4.39 Å². The van der Waals surface area contributed by atoms with Crippen molar-refractivity contribution in [1.29, 1.82) is 0 Å². The molecule has 0 aromatic heterocycles. The van der Waals surface area contributed by atoms with E-state index in [-0.39, 0.29) is 5.82 Å².